The number of nitrogens with zero attached hydrogens (tertiary/aromatic N) is 4. The maximum Gasteiger partial charge on any atom is 0.212 e. The van der Waals surface area contributed by atoms with Gasteiger partial charge in [0.05, 0.1) is 16.4 Å². The van der Waals surface area contributed by atoms with Crippen molar-refractivity contribution in [1.29, 1.82) is 0 Å². The number of thiazole rings is 1. The molecule has 7 heteroatoms. The van der Waals surface area contributed by atoms with Gasteiger partial charge in [-0.15, -0.1) is 11.3 Å². The summed E-state index contributed by atoms with van der Waals surface area (Å²) in [6.45, 7) is 4.00. The Balaban J connectivity index is 1.92. The highest BCUT2D eigenvalue weighted by Crippen LogP contribution is 2.33. The predicted molar refractivity (Wildman–Crippen MR) is 84.0 cm³/mol. The topological polar surface area (TPSA) is 43.1 Å². The lowest BCUT2D eigenvalue weighted by Gasteiger charge is -1.94. The van der Waals surface area contributed by atoms with Gasteiger partial charge in [0, 0.05) is 5.02 Å². The van der Waals surface area contributed by atoms with E-state index >= 15 is 0 Å². The van der Waals surface area contributed by atoms with Crippen LogP contribution in [0.15, 0.2) is 18.3 Å². The van der Waals surface area contributed by atoms with Crippen LogP contribution in [0.4, 0.5) is 0 Å². The van der Waals surface area contributed by atoms with Gasteiger partial charge in [-0.25, -0.2) is 14.5 Å². The van der Waals surface area contributed by atoms with Gasteiger partial charge in [0.2, 0.25) is 4.96 Å². The first-order valence-electron chi connectivity index (χ1n) is 6.00. The maximum atomic E-state index is 6.09. The van der Waals surface area contributed by atoms with Crippen molar-refractivity contribution in [2.24, 2.45) is 0 Å². The van der Waals surface area contributed by atoms with Crippen molar-refractivity contribution in [2.75, 3.05) is 0 Å². The quantitative estimate of drug-likeness (QED) is 0.524. The molecule has 0 unspecified atom stereocenters. The third kappa shape index (κ3) is 1.83. The SMILES string of the molecule is Cc1nn2cc(-c3nc4c(C)cc(Cl)cc4s3)nc2s1. The van der Waals surface area contributed by atoms with Gasteiger partial charge in [-0.05, 0) is 31.5 Å². The van der Waals surface area contributed by atoms with E-state index in [0.717, 1.165) is 41.5 Å². The van der Waals surface area contributed by atoms with Crippen LogP contribution in [0, 0.1) is 13.8 Å². The van der Waals surface area contributed by atoms with E-state index in [9.17, 15) is 0 Å². The van der Waals surface area contributed by atoms with E-state index in [1.165, 1.54) is 0 Å². The van der Waals surface area contributed by atoms with Crippen molar-refractivity contribution in [3.8, 4) is 10.7 Å². The van der Waals surface area contributed by atoms with Crippen LogP contribution < -0.4 is 0 Å². The second kappa shape index (κ2) is 4.25. The molecule has 0 saturated carbocycles. The standard InChI is InChI=1S/C13H9ClN4S2/c1-6-3-8(14)4-10-11(6)16-12(20-10)9-5-18-13(15-9)19-7(2)17-18/h3-5H,1-2H3. The molecule has 0 aliphatic heterocycles. The fourth-order valence-corrected chi connectivity index (χ4v) is 4.27. The number of fused-ring (bicyclic) bond motifs is 2. The molecule has 4 aromatic rings. The Kier molecular flexibility index (Phi) is 2.60. The zero-order chi connectivity index (χ0) is 13.9. The highest BCUT2D eigenvalue weighted by Gasteiger charge is 2.13. The lowest BCUT2D eigenvalue weighted by molar-refractivity contribution is 0.946. The number of aromatic nitrogens is 4. The third-order valence-corrected chi connectivity index (χ3v) is 5.09. The van der Waals surface area contributed by atoms with E-state index in [0.29, 0.717) is 0 Å². The first kappa shape index (κ1) is 12.3. The molecular formula is C13H9ClN4S2. The third-order valence-electron chi connectivity index (χ3n) is 3.01. The monoisotopic (exact) mass is 320 g/mol. The molecule has 20 heavy (non-hydrogen) atoms. The van der Waals surface area contributed by atoms with E-state index in [-0.39, 0.29) is 0 Å². The lowest BCUT2D eigenvalue weighted by Crippen LogP contribution is -1.80. The van der Waals surface area contributed by atoms with Crippen molar-refractivity contribution in [1.82, 2.24) is 19.6 Å². The molecule has 0 aliphatic carbocycles. The number of benzene rings is 1. The molecule has 100 valence electrons. The van der Waals surface area contributed by atoms with Crippen LogP contribution in [0.1, 0.15) is 10.6 Å². The van der Waals surface area contributed by atoms with E-state index in [1.807, 2.05) is 32.2 Å². The van der Waals surface area contributed by atoms with Gasteiger partial charge in [-0.2, -0.15) is 5.10 Å². The minimum Gasteiger partial charge on any atom is -0.234 e. The number of rotatable bonds is 1. The molecule has 4 nitrogen and oxygen atoms in total. The molecule has 0 aliphatic rings. The Morgan fingerprint density at radius 2 is 2.00 bits per heavy atom. The molecule has 0 atom stereocenters. The van der Waals surface area contributed by atoms with Crippen LogP contribution in [-0.2, 0) is 0 Å². The zero-order valence-electron chi connectivity index (χ0n) is 10.7. The fraction of sp³-hybridized carbons (Fsp3) is 0.154. The smallest absolute Gasteiger partial charge is 0.212 e. The molecule has 0 radical (unpaired) electrons. The Labute approximate surface area is 127 Å². The lowest BCUT2D eigenvalue weighted by atomic mass is 10.2. The summed E-state index contributed by atoms with van der Waals surface area (Å²) in [5, 5.41) is 7.03. The molecule has 3 heterocycles. The Hall–Kier alpha value is -1.50. The summed E-state index contributed by atoms with van der Waals surface area (Å²) in [5.74, 6) is 0. The molecule has 3 aromatic heterocycles. The first-order chi connectivity index (χ1) is 9.60. The molecule has 0 spiro atoms. The largest absolute Gasteiger partial charge is 0.234 e. The molecular weight excluding hydrogens is 312 g/mol. The van der Waals surface area contributed by atoms with Gasteiger partial charge in [-0.3, -0.25) is 0 Å². The molecule has 1 aromatic carbocycles. The van der Waals surface area contributed by atoms with Gasteiger partial charge >= 0.3 is 0 Å². The second-order valence-electron chi connectivity index (χ2n) is 4.56. The average Bonchev–Trinajstić information content (AvgIpc) is 2.99. The Bertz CT molecular complexity index is 919. The molecule has 0 saturated heterocycles. The fourth-order valence-electron chi connectivity index (χ4n) is 2.17. The first-order valence-corrected chi connectivity index (χ1v) is 8.01. The summed E-state index contributed by atoms with van der Waals surface area (Å²) in [6, 6.07) is 3.88. The minimum atomic E-state index is 0.744. The average molecular weight is 321 g/mol. The minimum absolute atomic E-state index is 0.744. The molecule has 0 fully saturated rings. The highest BCUT2D eigenvalue weighted by molar-refractivity contribution is 7.21. The Morgan fingerprint density at radius 3 is 2.80 bits per heavy atom. The zero-order valence-corrected chi connectivity index (χ0v) is 13.1. The number of hydrogen-bond acceptors (Lipinski definition) is 5. The number of halogens is 1. The van der Waals surface area contributed by atoms with Gasteiger partial charge in [0.25, 0.3) is 0 Å². The number of imidazole rings is 1. The molecule has 0 N–H and O–H groups in total. The number of hydrogen-bond donors (Lipinski definition) is 0. The van der Waals surface area contributed by atoms with Crippen LogP contribution >= 0.6 is 34.3 Å². The van der Waals surface area contributed by atoms with Crippen molar-refractivity contribution >= 4 is 49.5 Å². The second-order valence-corrected chi connectivity index (χ2v) is 7.19. The van der Waals surface area contributed by atoms with E-state index in [1.54, 1.807) is 27.2 Å². The van der Waals surface area contributed by atoms with Crippen LogP contribution in [-0.4, -0.2) is 19.6 Å². The van der Waals surface area contributed by atoms with Crippen LogP contribution in [0.25, 0.3) is 25.9 Å². The van der Waals surface area contributed by atoms with Crippen LogP contribution in [0.2, 0.25) is 5.02 Å². The van der Waals surface area contributed by atoms with Gasteiger partial charge in [0.15, 0.2) is 0 Å². The summed E-state index contributed by atoms with van der Waals surface area (Å²) in [4.78, 5) is 10.2. The van der Waals surface area contributed by atoms with E-state index in [2.05, 4.69) is 15.1 Å². The molecule has 0 amide bonds. The summed E-state index contributed by atoms with van der Waals surface area (Å²) in [5.41, 5.74) is 2.94. The number of aryl methyl sites for hydroxylation is 2. The summed E-state index contributed by atoms with van der Waals surface area (Å²) in [7, 11) is 0. The van der Waals surface area contributed by atoms with Crippen molar-refractivity contribution in [3.05, 3.63) is 33.9 Å². The summed E-state index contributed by atoms with van der Waals surface area (Å²) < 4.78 is 2.90. The van der Waals surface area contributed by atoms with Crippen LogP contribution in [0.3, 0.4) is 0 Å². The van der Waals surface area contributed by atoms with Crippen molar-refractivity contribution < 1.29 is 0 Å². The molecule has 0 bridgehead atoms. The summed E-state index contributed by atoms with van der Waals surface area (Å²) >= 11 is 9.28. The predicted octanol–water partition coefficient (Wildman–Crippen LogP) is 4.34. The van der Waals surface area contributed by atoms with Gasteiger partial charge in [0.1, 0.15) is 15.7 Å². The van der Waals surface area contributed by atoms with Gasteiger partial charge in [-0.1, -0.05) is 22.9 Å². The van der Waals surface area contributed by atoms with Crippen molar-refractivity contribution in [3.63, 3.8) is 0 Å². The van der Waals surface area contributed by atoms with Crippen LogP contribution in [0.5, 0.6) is 0 Å². The van der Waals surface area contributed by atoms with Crippen molar-refractivity contribution in [2.45, 2.75) is 13.8 Å². The summed E-state index contributed by atoms with van der Waals surface area (Å²) in [6.07, 6.45) is 1.92. The Morgan fingerprint density at radius 1 is 1.15 bits per heavy atom. The molecule has 4 rings (SSSR count). The van der Waals surface area contributed by atoms with Gasteiger partial charge < -0.3 is 0 Å². The maximum absolute atomic E-state index is 6.09. The van der Waals surface area contributed by atoms with E-state index in [4.69, 9.17) is 11.6 Å². The van der Waals surface area contributed by atoms with E-state index < -0.39 is 0 Å². The normalized spacial score (nSPS) is 11.8. The highest BCUT2D eigenvalue weighted by atomic mass is 35.5.